The van der Waals surface area contributed by atoms with E-state index in [1.165, 1.54) is 180 Å². The molecule has 2 N–H and O–H groups in total. The van der Waals surface area contributed by atoms with E-state index in [0.717, 1.165) is 38.5 Å². The van der Waals surface area contributed by atoms with Crippen molar-refractivity contribution in [3.8, 4) is 0 Å². The monoisotopic (exact) mass is 843 g/mol. The second-order valence-electron chi connectivity index (χ2n) is 18.5. The maximum Gasteiger partial charge on any atom is 0.268 e. The van der Waals surface area contributed by atoms with Crippen molar-refractivity contribution in [1.82, 2.24) is 5.32 Å². The maximum atomic E-state index is 12.9. The molecule has 0 saturated heterocycles. The van der Waals surface area contributed by atoms with Crippen LogP contribution in [0.15, 0.2) is 12.2 Å². The molecule has 0 rings (SSSR count). The van der Waals surface area contributed by atoms with E-state index in [-0.39, 0.29) is 19.1 Å². The Hall–Kier alpha value is -0.760. The highest BCUT2D eigenvalue weighted by molar-refractivity contribution is 7.45. The third-order valence-electron chi connectivity index (χ3n) is 11.5. The van der Waals surface area contributed by atoms with Gasteiger partial charge in [-0.05, 0) is 38.5 Å². The Bertz CT molecular complexity index is 958. The van der Waals surface area contributed by atoms with Gasteiger partial charge in [0.25, 0.3) is 7.82 Å². The fourth-order valence-electron chi connectivity index (χ4n) is 7.51. The molecule has 0 aromatic heterocycles. The number of hydrogen-bond acceptors (Lipinski definition) is 6. The molecule has 0 heterocycles. The minimum atomic E-state index is -4.56. The van der Waals surface area contributed by atoms with Gasteiger partial charge in [0.2, 0.25) is 5.91 Å². The summed E-state index contributed by atoms with van der Waals surface area (Å²) in [6, 6.07) is -0.797. The number of nitrogens with one attached hydrogen (secondary N) is 1. The number of allylic oxidation sites excluding steroid dienone is 2. The quantitative estimate of drug-likeness (QED) is 0.0273. The number of nitrogens with zero attached hydrogens (tertiary/aromatic N) is 1. The van der Waals surface area contributed by atoms with Gasteiger partial charge in [0.1, 0.15) is 13.2 Å². The Morgan fingerprint density at radius 1 is 0.586 bits per heavy atom. The standard InChI is InChI=1S/C49H99N2O6P/c1-6-8-10-12-14-16-18-20-22-23-24-25-26-27-29-31-33-35-37-39-41-43-49(53)50-47(46-57-58(54,55)56-45-44-51(3,4)5)48(52)42-40-38-36-34-32-30-28-21-19-17-15-13-11-9-7-2/h23-24,47-48,52H,6-22,25-46H2,1-5H3,(H-,50,53,54,55)/b24-23-. The molecule has 3 atom stereocenters. The predicted molar refractivity (Wildman–Crippen MR) is 247 cm³/mol. The lowest BCUT2D eigenvalue weighted by Crippen LogP contribution is -2.46. The minimum Gasteiger partial charge on any atom is -0.756 e. The summed E-state index contributed by atoms with van der Waals surface area (Å²) in [5.74, 6) is -0.164. The van der Waals surface area contributed by atoms with E-state index in [2.05, 4.69) is 31.3 Å². The van der Waals surface area contributed by atoms with E-state index in [1.807, 2.05) is 21.1 Å². The van der Waals surface area contributed by atoms with E-state index < -0.39 is 20.0 Å². The molecule has 8 nitrogen and oxygen atoms in total. The Morgan fingerprint density at radius 2 is 0.948 bits per heavy atom. The fraction of sp³-hybridized carbons (Fsp3) is 0.939. The van der Waals surface area contributed by atoms with Gasteiger partial charge in [-0.1, -0.05) is 212 Å². The smallest absolute Gasteiger partial charge is 0.268 e. The Morgan fingerprint density at radius 3 is 1.34 bits per heavy atom. The number of amides is 1. The molecule has 0 spiro atoms. The van der Waals surface area contributed by atoms with Crippen LogP contribution in [-0.4, -0.2) is 68.5 Å². The van der Waals surface area contributed by atoms with Crippen LogP contribution >= 0.6 is 7.82 Å². The lowest BCUT2D eigenvalue weighted by Gasteiger charge is -2.30. The third kappa shape index (κ3) is 43.3. The summed E-state index contributed by atoms with van der Waals surface area (Å²) in [6.07, 6.45) is 47.9. The number of likely N-dealkylation sites (N-methyl/N-ethyl adjacent to an activating group) is 1. The summed E-state index contributed by atoms with van der Waals surface area (Å²) in [4.78, 5) is 25.4. The molecule has 0 aliphatic heterocycles. The minimum absolute atomic E-state index is 0.0139. The lowest BCUT2D eigenvalue weighted by atomic mass is 10.0. The first-order chi connectivity index (χ1) is 28.0. The molecule has 346 valence electrons. The van der Waals surface area contributed by atoms with E-state index in [4.69, 9.17) is 9.05 Å². The number of carbonyl (C=O) groups is 1. The molecule has 3 unspecified atom stereocenters. The number of aliphatic hydroxyl groups is 1. The number of unbranched alkanes of at least 4 members (excludes halogenated alkanes) is 31. The van der Waals surface area contributed by atoms with Crippen molar-refractivity contribution in [1.29, 1.82) is 0 Å². The largest absolute Gasteiger partial charge is 0.756 e. The first-order valence-electron chi connectivity index (χ1n) is 25.0. The second-order valence-corrected chi connectivity index (χ2v) is 19.9. The summed E-state index contributed by atoms with van der Waals surface area (Å²) >= 11 is 0. The summed E-state index contributed by atoms with van der Waals surface area (Å²) < 4.78 is 23.3. The van der Waals surface area contributed by atoms with Crippen molar-refractivity contribution >= 4 is 13.7 Å². The highest BCUT2D eigenvalue weighted by Crippen LogP contribution is 2.38. The highest BCUT2D eigenvalue weighted by atomic mass is 31.2. The zero-order valence-corrected chi connectivity index (χ0v) is 40.2. The maximum absolute atomic E-state index is 12.9. The molecule has 1 amide bonds. The van der Waals surface area contributed by atoms with E-state index in [1.54, 1.807) is 0 Å². The zero-order valence-electron chi connectivity index (χ0n) is 39.3. The van der Waals surface area contributed by atoms with Crippen molar-refractivity contribution in [2.45, 2.75) is 257 Å². The number of aliphatic hydroxyl groups excluding tert-OH is 1. The van der Waals surface area contributed by atoms with Gasteiger partial charge in [-0.2, -0.15) is 0 Å². The van der Waals surface area contributed by atoms with Crippen LogP contribution in [0, 0.1) is 0 Å². The second kappa shape index (κ2) is 41.6. The molecule has 0 bridgehead atoms. The van der Waals surface area contributed by atoms with Gasteiger partial charge in [-0.3, -0.25) is 9.36 Å². The lowest BCUT2D eigenvalue weighted by molar-refractivity contribution is -0.870. The number of phosphoric ester groups is 1. The van der Waals surface area contributed by atoms with Gasteiger partial charge < -0.3 is 28.8 Å². The van der Waals surface area contributed by atoms with Crippen LogP contribution in [0.25, 0.3) is 0 Å². The predicted octanol–water partition coefficient (Wildman–Crippen LogP) is 13.7. The number of hydrogen-bond donors (Lipinski definition) is 2. The van der Waals surface area contributed by atoms with Crippen molar-refractivity contribution in [3.05, 3.63) is 12.2 Å². The van der Waals surface area contributed by atoms with Crippen molar-refractivity contribution in [3.63, 3.8) is 0 Å². The van der Waals surface area contributed by atoms with Gasteiger partial charge in [0, 0.05) is 6.42 Å². The average Bonchev–Trinajstić information content (AvgIpc) is 3.17. The van der Waals surface area contributed by atoms with Crippen LogP contribution in [0.4, 0.5) is 0 Å². The molecule has 0 saturated carbocycles. The Labute approximate surface area is 361 Å². The van der Waals surface area contributed by atoms with Crippen LogP contribution in [0.5, 0.6) is 0 Å². The molecule has 0 aromatic carbocycles. The topological polar surface area (TPSA) is 108 Å². The molecule has 0 aromatic rings. The van der Waals surface area contributed by atoms with Crippen molar-refractivity contribution < 1.29 is 32.9 Å². The highest BCUT2D eigenvalue weighted by Gasteiger charge is 2.24. The average molecular weight is 843 g/mol. The molecule has 0 radical (unpaired) electrons. The van der Waals surface area contributed by atoms with E-state index >= 15 is 0 Å². The van der Waals surface area contributed by atoms with Crippen LogP contribution in [-0.2, 0) is 18.4 Å². The summed E-state index contributed by atoms with van der Waals surface area (Å²) in [5, 5.41) is 14.0. The van der Waals surface area contributed by atoms with E-state index in [9.17, 15) is 19.4 Å². The Kier molecular flexibility index (Phi) is 41.0. The molecule has 9 heteroatoms. The van der Waals surface area contributed by atoms with Gasteiger partial charge >= 0.3 is 0 Å². The van der Waals surface area contributed by atoms with Crippen LogP contribution in [0.2, 0.25) is 0 Å². The molecular weight excluding hydrogens is 744 g/mol. The fourth-order valence-corrected chi connectivity index (χ4v) is 8.23. The summed E-state index contributed by atoms with van der Waals surface area (Å²) in [6.45, 7) is 4.74. The first kappa shape index (κ1) is 57.2. The third-order valence-corrected chi connectivity index (χ3v) is 12.5. The van der Waals surface area contributed by atoms with Gasteiger partial charge in [0.15, 0.2) is 0 Å². The van der Waals surface area contributed by atoms with Gasteiger partial charge in [-0.15, -0.1) is 0 Å². The number of carbonyl (C=O) groups excluding carboxylic acids is 1. The molecule has 0 fully saturated rings. The van der Waals surface area contributed by atoms with Crippen LogP contribution in [0.1, 0.15) is 245 Å². The van der Waals surface area contributed by atoms with Crippen molar-refractivity contribution in [2.75, 3.05) is 40.9 Å². The summed E-state index contributed by atoms with van der Waals surface area (Å²) in [5.41, 5.74) is 0. The SMILES string of the molecule is CCCCCCCCCC/C=C\CCCCCCCCCCCC(=O)NC(COP(=O)([O-])OCC[N+](C)(C)C)C(O)CCCCCCCCCCCCCCCCC. The van der Waals surface area contributed by atoms with Gasteiger partial charge in [0.05, 0.1) is 39.9 Å². The van der Waals surface area contributed by atoms with Crippen LogP contribution < -0.4 is 10.2 Å². The molecule has 58 heavy (non-hydrogen) atoms. The van der Waals surface area contributed by atoms with E-state index in [0.29, 0.717) is 23.9 Å². The van der Waals surface area contributed by atoms with Crippen molar-refractivity contribution in [2.24, 2.45) is 0 Å². The van der Waals surface area contributed by atoms with Crippen LogP contribution in [0.3, 0.4) is 0 Å². The normalized spacial score (nSPS) is 14.3. The van der Waals surface area contributed by atoms with Gasteiger partial charge in [-0.25, -0.2) is 0 Å². The number of rotatable bonds is 46. The molecule has 0 aliphatic carbocycles. The zero-order chi connectivity index (χ0) is 42.8. The first-order valence-corrected chi connectivity index (χ1v) is 26.5. The number of quaternary nitrogens is 1. The Balaban J connectivity index is 4.24. The number of phosphoric acid groups is 1. The summed E-state index contributed by atoms with van der Waals surface area (Å²) in [7, 11) is 1.31. The molecular formula is C49H99N2O6P. The molecule has 0 aliphatic rings.